The van der Waals surface area contributed by atoms with Gasteiger partial charge in [-0.05, 0) is 103 Å². The predicted octanol–water partition coefficient (Wildman–Crippen LogP) is 13.3. The van der Waals surface area contributed by atoms with Crippen LogP contribution in [0.4, 0.5) is 0 Å². The van der Waals surface area contributed by atoms with Crippen molar-refractivity contribution < 1.29 is 56.2 Å². The lowest BCUT2D eigenvalue weighted by atomic mass is 9.99. The van der Waals surface area contributed by atoms with Gasteiger partial charge in [0, 0.05) is 13.0 Å². The zero-order valence-electron chi connectivity index (χ0n) is 44.2. The van der Waals surface area contributed by atoms with E-state index in [2.05, 4.69) is 140 Å². The molecule has 0 aromatic carbocycles. The highest BCUT2D eigenvalue weighted by Gasteiger charge is 2.48. The number of carbonyl (C=O) groups excluding carboxylic acids is 1. The topological polar surface area (TPSA) is 178 Å². The maximum absolute atomic E-state index is 12.9. The molecule has 72 heavy (non-hydrogen) atoms. The third-order valence-corrected chi connectivity index (χ3v) is 12.0. The van der Waals surface area contributed by atoms with Crippen molar-refractivity contribution in [3.63, 3.8) is 0 Å². The van der Waals surface area contributed by atoms with Crippen molar-refractivity contribution >= 4 is 16.4 Å². The number of ether oxygens (including phenoxy) is 4. The Bertz CT molecular complexity index is 1710. The molecule has 13 heteroatoms. The van der Waals surface area contributed by atoms with Gasteiger partial charge in [-0.15, -0.1) is 0 Å². The second-order valence-electron chi connectivity index (χ2n) is 18.1. The van der Waals surface area contributed by atoms with E-state index >= 15 is 0 Å². The summed E-state index contributed by atoms with van der Waals surface area (Å²) in [6, 6.07) is 0. The van der Waals surface area contributed by atoms with Gasteiger partial charge in [-0.2, -0.15) is 8.42 Å². The fourth-order valence-electron chi connectivity index (χ4n) is 7.55. The minimum Gasteiger partial charge on any atom is -0.457 e. The fraction of sp³-hybridized carbons (Fsp3) is 0.644. The predicted molar refractivity (Wildman–Crippen MR) is 294 cm³/mol. The number of hydrogen-bond acceptors (Lipinski definition) is 11. The molecule has 0 spiro atoms. The van der Waals surface area contributed by atoms with Gasteiger partial charge in [0.15, 0.2) is 6.29 Å². The third kappa shape index (κ3) is 40.9. The van der Waals surface area contributed by atoms with E-state index in [1.54, 1.807) is 0 Å². The van der Waals surface area contributed by atoms with Crippen LogP contribution in [0.2, 0.25) is 0 Å². The smallest absolute Gasteiger partial charge is 0.397 e. The van der Waals surface area contributed by atoms with Gasteiger partial charge < -0.3 is 34.3 Å². The van der Waals surface area contributed by atoms with Gasteiger partial charge in [-0.1, -0.05) is 193 Å². The van der Waals surface area contributed by atoms with Crippen molar-refractivity contribution in [2.24, 2.45) is 0 Å². The molecule has 1 heterocycles. The average molecular weight is 1030 g/mol. The summed E-state index contributed by atoms with van der Waals surface area (Å²) >= 11 is 0. The highest BCUT2D eigenvalue weighted by molar-refractivity contribution is 7.80. The molecule has 6 unspecified atom stereocenters. The van der Waals surface area contributed by atoms with Gasteiger partial charge in [0.2, 0.25) is 0 Å². The second-order valence-corrected chi connectivity index (χ2v) is 19.1. The lowest BCUT2D eigenvalue weighted by molar-refractivity contribution is -0.301. The maximum atomic E-state index is 12.9. The van der Waals surface area contributed by atoms with E-state index in [0.717, 1.165) is 128 Å². The number of aliphatic hydroxyl groups excluding tert-OH is 3. The van der Waals surface area contributed by atoms with Crippen LogP contribution in [0.1, 0.15) is 181 Å². The molecule has 0 bridgehead atoms. The molecular weight excluding hydrogens is 933 g/mol. The lowest BCUT2D eigenvalue weighted by Gasteiger charge is -2.41. The largest absolute Gasteiger partial charge is 0.457 e. The summed E-state index contributed by atoms with van der Waals surface area (Å²) in [7, 11) is -5.08. The van der Waals surface area contributed by atoms with Crippen molar-refractivity contribution in [2.75, 3.05) is 26.4 Å². The Morgan fingerprint density at radius 1 is 0.528 bits per heavy atom. The number of hydrogen-bond donors (Lipinski definition) is 4. The number of carbonyl (C=O) groups is 1. The lowest BCUT2D eigenvalue weighted by Crippen LogP contribution is -2.60. The first-order chi connectivity index (χ1) is 35.1. The standard InChI is InChI=1S/C59H96O12S/c1-3-5-7-9-11-13-15-17-19-21-23-25-26-27-29-31-33-35-37-39-41-43-45-47-49-67-51-53(52-68-59-57(63)58(71-72(64,65)66)56(62)54(50-60)70-59)69-55(61)48-46-44-42-40-38-36-34-32-30-28-24-22-20-18-16-14-12-10-8-6-4-2/h5-8,11-14,17-20,23-25,27-29,33,35,53-54,56-60,62-63H,3-4,9-10,15-16,21-22,26,30-32,34,36-52H2,1-2H3,(H,64,65,66)/b7-5-,8-6-,13-11-,14-12-,19-17-,20-18-,25-23-,28-24-,29-27-,35-33-. The van der Waals surface area contributed by atoms with Gasteiger partial charge >= 0.3 is 16.4 Å². The van der Waals surface area contributed by atoms with E-state index in [1.165, 1.54) is 25.7 Å². The molecule has 6 atom stereocenters. The zero-order chi connectivity index (χ0) is 52.4. The van der Waals surface area contributed by atoms with Crippen LogP contribution in [0.15, 0.2) is 122 Å². The summed E-state index contributed by atoms with van der Waals surface area (Å²) in [5, 5.41) is 30.8. The Morgan fingerprint density at radius 2 is 0.917 bits per heavy atom. The van der Waals surface area contributed by atoms with E-state index in [0.29, 0.717) is 13.0 Å². The first-order valence-corrected chi connectivity index (χ1v) is 28.7. The van der Waals surface area contributed by atoms with Crippen LogP contribution < -0.4 is 0 Å². The van der Waals surface area contributed by atoms with Crippen LogP contribution in [-0.4, -0.2) is 97.5 Å². The second kappa shape index (κ2) is 48.4. The molecule has 0 radical (unpaired) electrons. The minimum atomic E-state index is -5.08. The van der Waals surface area contributed by atoms with Crippen LogP contribution in [0, 0.1) is 0 Å². The quantitative estimate of drug-likeness (QED) is 0.0197. The Morgan fingerprint density at radius 3 is 1.33 bits per heavy atom. The molecule has 1 rings (SSSR count). The molecule has 1 saturated heterocycles. The summed E-state index contributed by atoms with van der Waals surface area (Å²) in [5.41, 5.74) is 0. The van der Waals surface area contributed by atoms with Crippen LogP contribution in [-0.2, 0) is 38.3 Å². The Balaban J connectivity index is 2.37. The van der Waals surface area contributed by atoms with E-state index in [9.17, 15) is 33.1 Å². The molecule has 0 aromatic heterocycles. The van der Waals surface area contributed by atoms with Gasteiger partial charge in [-0.3, -0.25) is 9.35 Å². The maximum Gasteiger partial charge on any atom is 0.397 e. The Labute approximate surface area is 436 Å². The number of rotatable bonds is 46. The number of aliphatic hydroxyl groups is 3. The van der Waals surface area contributed by atoms with E-state index < -0.39 is 59.8 Å². The van der Waals surface area contributed by atoms with Crippen molar-refractivity contribution in [1.82, 2.24) is 0 Å². The molecule has 12 nitrogen and oxygen atoms in total. The van der Waals surface area contributed by atoms with Crippen LogP contribution in [0.3, 0.4) is 0 Å². The normalized spacial score (nSPS) is 19.9. The summed E-state index contributed by atoms with van der Waals surface area (Å²) < 4.78 is 59.3. The van der Waals surface area contributed by atoms with Gasteiger partial charge in [-0.25, -0.2) is 4.18 Å². The van der Waals surface area contributed by atoms with E-state index in [1.807, 2.05) is 0 Å². The molecule has 1 fully saturated rings. The summed E-state index contributed by atoms with van der Waals surface area (Å²) in [4.78, 5) is 12.9. The monoisotopic (exact) mass is 1030 g/mol. The molecular formula is C59H96O12S. The molecule has 410 valence electrons. The summed E-state index contributed by atoms with van der Waals surface area (Å²) in [6.45, 7) is 3.69. The van der Waals surface area contributed by atoms with Crippen LogP contribution >= 0.6 is 0 Å². The molecule has 0 aromatic rings. The molecule has 0 aliphatic carbocycles. The fourth-order valence-corrected chi connectivity index (χ4v) is 8.06. The van der Waals surface area contributed by atoms with Crippen molar-refractivity contribution in [3.05, 3.63) is 122 Å². The Kier molecular flexibility index (Phi) is 44.7. The number of unbranched alkanes of at least 4 members (excludes halogenated alkanes) is 13. The van der Waals surface area contributed by atoms with Gasteiger partial charge in [0.1, 0.15) is 30.5 Å². The molecule has 0 amide bonds. The first-order valence-electron chi connectivity index (χ1n) is 27.3. The van der Waals surface area contributed by atoms with Crippen molar-refractivity contribution in [1.29, 1.82) is 0 Å². The van der Waals surface area contributed by atoms with E-state index in [-0.39, 0.29) is 19.6 Å². The SMILES string of the molecule is CC/C=C\C/C=C\C/C=C\C/C=C\C/C=C\C/C=C\CCCCCCCOCC(COC1OC(CO)C(O)C(OS(=O)(=O)O)C1O)OC(=O)CCCCCCCCCC/C=C\C/C=C\C/C=C\C/C=C\CC. The molecule has 4 N–H and O–H groups in total. The van der Waals surface area contributed by atoms with Crippen LogP contribution in [0.5, 0.6) is 0 Å². The average Bonchev–Trinajstić information content (AvgIpc) is 3.36. The summed E-state index contributed by atoms with van der Waals surface area (Å²) in [6.07, 6.45) is 60.8. The van der Waals surface area contributed by atoms with E-state index in [4.69, 9.17) is 18.9 Å². The number of allylic oxidation sites excluding steroid dienone is 20. The minimum absolute atomic E-state index is 0.0104. The van der Waals surface area contributed by atoms with Gasteiger partial charge in [0.05, 0.1) is 19.8 Å². The highest BCUT2D eigenvalue weighted by atomic mass is 32.3. The van der Waals surface area contributed by atoms with Crippen molar-refractivity contribution in [2.45, 2.75) is 218 Å². The highest BCUT2D eigenvalue weighted by Crippen LogP contribution is 2.26. The number of esters is 1. The van der Waals surface area contributed by atoms with Crippen molar-refractivity contribution in [3.8, 4) is 0 Å². The summed E-state index contributed by atoms with van der Waals surface area (Å²) in [5.74, 6) is -0.420. The zero-order valence-corrected chi connectivity index (χ0v) is 45.0. The molecule has 0 saturated carbocycles. The Hall–Kier alpha value is -3.50. The van der Waals surface area contributed by atoms with Gasteiger partial charge in [0.25, 0.3) is 0 Å². The third-order valence-electron chi connectivity index (χ3n) is 11.6. The first kappa shape index (κ1) is 66.5. The molecule has 1 aliphatic rings. The van der Waals surface area contributed by atoms with Crippen LogP contribution in [0.25, 0.3) is 0 Å². The molecule has 1 aliphatic heterocycles.